The molecule has 8 aromatic rings. The second-order valence-corrected chi connectivity index (χ2v) is 16.3. The molecule has 0 unspecified atom stereocenters. The quantitative estimate of drug-likeness (QED) is 0.0619. The summed E-state index contributed by atoms with van der Waals surface area (Å²) in [6.45, 7) is 8.48. The zero-order chi connectivity index (χ0) is 50.4. The largest absolute Gasteiger partial charge is 0.223 e. The lowest BCUT2D eigenvalue weighted by Crippen LogP contribution is -1.92. The zero-order valence-corrected chi connectivity index (χ0v) is 39.7. The highest BCUT2D eigenvalue weighted by Crippen LogP contribution is 2.26. The Hall–Kier alpha value is -7.08. The molecule has 0 aliphatic rings. The number of rotatable bonds is 14. The van der Waals surface area contributed by atoms with Crippen molar-refractivity contribution in [2.75, 3.05) is 0 Å². The molecule has 0 spiro atoms. The Morgan fingerprint density at radius 2 is 0.543 bits per heavy atom. The van der Waals surface area contributed by atoms with Gasteiger partial charge in [-0.3, -0.25) is 0 Å². The third kappa shape index (κ3) is 16.6. The molecule has 0 atom stereocenters. The molecule has 12 heteroatoms. The monoisotopic (exact) mass is 960 g/mol. The number of benzene rings is 4. The molecule has 0 amide bonds. The molecule has 0 bridgehead atoms. The SMILES string of the molecule is CCCCCc1ccc(-c2ccc(F)nc2F)cc1.CCCCc1ccc(-c2ccc(F)nc2F)cc1.CCCc1ccc(-c2ccc(F)nc2F)cc1.CCc1ccc(-c2ccc(F)nc2F)cc1. The van der Waals surface area contributed by atoms with Crippen molar-refractivity contribution in [3.05, 3.63) is 215 Å². The van der Waals surface area contributed by atoms with Gasteiger partial charge in [-0.05, 0) is 132 Å². The Morgan fingerprint density at radius 3 is 0.800 bits per heavy atom. The third-order valence-electron chi connectivity index (χ3n) is 11.2. The molecule has 70 heavy (non-hydrogen) atoms. The number of aryl methyl sites for hydroxylation is 4. The van der Waals surface area contributed by atoms with Gasteiger partial charge in [0.15, 0.2) is 0 Å². The van der Waals surface area contributed by atoms with Gasteiger partial charge >= 0.3 is 0 Å². The van der Waals surface area contributed by atoms with Gasteiger partial charge in [0.2, 0.25) is 47.6 Å². The molecule has 0 saturated heterocycles. The molecule has 4 aromatic heterocycles. The van der Waals surface area contributed by atoms with Crippen LogP contribution < -0.4 is 0 Å². The number of hydrogen-bond donors (Lipinski definition) is 0. The number of halogens is 8. The summed E-state index contributed by atoms with van der Waals surface area (Å²) < 4.78 is 105. The molecular weight excluding hydrogens is 905 g/mol. The van der Waals surface area contributed by atoms with E-state index in [2.05, 4.69) is 47.6 Å². The molecule has 4 nitrogen and oxygen atoms in total. The standard InChI is InChI=1S/C16H17F2N.C15H15F2N.C14H13F2N.C13H11F2N/c1-2-3-4-5-12-6-8-13(9-7-12)14-10-11-15(17)19-16(14)18;1-2-3-4-11-5-7-12(8-6-11)13-9-10-14(16)18-15(13)17;1-2-3-10-4-6-11(7-5-10)12-8-9-13(15)17-14(12)16;1-2-9-3-5-10(6-4-9)11-7-8-12(14)16-13(11)15/h6-11H,2-5H2,1H3;5-10H,2-4H2,1H3;4-9H,2-3H2,1H3;3-8H,2H2,1H3. The van der Waals surface area contributed by atoms with Gasteiger partial charge in [-0.2, -0.15) is 55.1 Å². The average molecular weight is 961 g/mol. The van der Waals surface area contributed by atoms with Crippen molar-refractivity contribution in [1.82, 2.24) is 19.9 Å². The summed E-state index contributed by atoms with van der Waals surface area (Å²) in [4.78, 5) is 12.7. The highest BCUT2D eigenvalue weighted by molar-refractivity contribution is 5.65. The minimum absolute atomic E-state index is 0.323. The van der Waals surface area contributed by atoms with E-state index in [1.807, 2.05) is 97.1 Å². The predicted molar refractivity (Wildman–Crippen MR) is 264 cm³/mol. The van der Waals surface area contributed by atoms with Crippen molar-refractivity contribution in [1.29, 1.82) is 0 Å². The van der Waals surface area contributed by atoms with E-state index < -0.39 is 47.6 Å². The minimum atomic E-state index is -0.800. The van der Waals surface area contributed by atoms with Gasteiger partial charge in [-0.15, -0.1) is 0 Å². The fourth-order valence-electron chi connectivity index (χ4n) is 7.23. The third-order valence-corrected chi connectivity index (χ3v) is 11.2. The van der Waals surface area contributed by atoms with Gasteiger partial charge in [-0.25, -0.2) is 0 Å². The van der Waals surface area contributed by atoms with E-state index in [4.69, 9.17) is 0 Å². The van der Waals surface area contributed by atoms with Gasteiger partial charge in [0.25, 0.3) is 0 Å². The van der Waals surface area contributed by atoms with Gasteiger partial charge < -0.3 is 0 Å². The highest BCUT2D eigenvalue weighted by atomic mass is 19.2. The lowest BCUT2D eigenvalue weighted by atomic mass is 10.0. The predicted octanol–water partition coefficient (Wildman–Crippen LogP) is 16.7. The van der Waals surface area contributed by atoms with Gasteiger partial charge in [-0.1, -0.05) is 150 Å². The number of hydrogen-bond acceptors (Lipinski definition) is 4. The normalized spacial score (nSPS) is 10.6. The first kappa shape index (κ1) is 53.9. The fraction of sp³-hybridized carbons (Fsp3) is 0.241. The Balaban J connectivity index is 0.000000174. The maximum atomic E-state index is 13.5. The van der Waals surface area contributed by atoms with Crippen LogP contribution in [-0.2, 0) is 25.7 Å². The van der Waals surface area contributed by atoms with Crippen LogP contribution in [0.4, 0.5) is 35.1 Å². The average Bonchev–Trinajstić information content (AvgIpc) is 3.35. The summed E-state index contributed by atoms with van der Waals surface area (Å²) in [6, 6.07) is 40.8. The second-order valence-electron chi connectivity index (χ2n) is 16.3. The van der Waals surface area contributed by atoms with E-state index in [9.17, 15) is 35.1 Å². The van der Waals surface area contributed by atoms with Gasteiger partial charge in [0, 0.05) is 22.3 Å². The number of pyridine rings is 4. The van der Waals surface area contributed by atoms with Crippen LogP contribution in [0.3, 0.4) is 0 Å². The van der Waals surface area contributed by atoms with Crippen molar-refractivity contribution in [3.63, 3.8) is 0 Å². The maximum Gasteiger partial charge on any atom is 0.223 e. The van der Waals surface area contributed by atoms with E-state index >= 15 is 0 Å². The number of unbranched alkanes of at least 4 members (excludes halogenated alkanes) is 3. The van der Waals surface area contributed by atoms with E-state index in [1.54, 1.807) is 0 Å². The smallest absolute Gasteiger partial charge is 0.190 e. The zero-order valence-electron chi connectivity index (χ0n) is 39.7. The molecule has 4 heterocycles. The van der Waals surface area contributed by atoms with Crippen LogP contribution >= 0.6 is 0 Å². The summed E-state index contributed by atoms with van der Waals surface area (Å²) in [6.07, 6.45) is 11.0. The van der Waals surface area contributed by atoms with Crippen molar-refractivity contribution in [2.45, 2.75) is 91.9 Å². The summed E-state index contributed by atoms with van der Waals surface area (Å²) >= 11 is 0. The van der Waals surface area contributed by atoms with E-state index in [0.29, 0.717) is 27.8 Å². The molecule has 0 aliphatic carbocycles. The number of aromatic nitrogens is 4. The Bertz CT molecular complexity index is 2840. The van der Waals surface area contributed by atoms with Crippen LogP contribution in [0.5, 0.6) is 0 Å². The fourth-order valence-corrected chi connectivity index (χ4v) is 7.23. The Morgan fingerprint density at radius 1 is 0.271 bits per heavy atom. The first-order valence-electron chi connectivity index (χ1n) is 23.5. The maximum absolute atomic E-state index is 13.5. The lowest BCUT2D eigenvalue weighted by molar-refractivity contribution is 0.514. The van der Waals surface area contributed by atoms with E-state index in [-0.39, 0.29) is 0 Å². The minimum Gasteiger partial charge on any atom is -0.190 e. The van der Waals surface area contributed by atoms with E-state index in [1.165, 1.54) is 84.0 Å². The topological polar surface area (TPSA) is 51.6 Å². The molecule has 0 fully saturated rings. The van der Waals surface area contributed by atoms with Gasteiger partial charge in [0.1, 0.15) is 0 Å². The Kier molecular flexibility index (Phi) is 21.4. The molecule has 4 aromatic carbocycles. The van der Waals surface area contributed by atoms with Crippen LogP contribution in [0, 0.1) is 47.6 Å². The molecule has 0 aliphatic heterocycles. The molecule has 0 radical (unpaired) electrons. The summed E-state index contributed by atoms with van der Waals surface area (Å²) in [7, 11) is 0. The first-order valence-corrected chi connectivity index (χ1v) is 23.5. The van der Waals surface area contributed by atoms with Crippen LogP contribution in [0.25, 0.3) is 44.5 Å². The highest BCUT2D eigenvalue weighted by Gasteiger charge is 2.11. The molecule has 8 rings (SSSR count). The number of nitrogens with zero attached hydrogens (tertiary/aromatic N) is 4. The van der Waals surface area contributed by atoms with E-state index in [0.717, 1.165) is 67.7 Å². The van der Waals surface area contributed by atoms with Crippen LogP contribution in [0.15, 0.2) is 146 Å². The van der Waals surface area contributed by atoms with Crippen molar-refractivity contribution in [3.8, 4) is 44.5 Å². The van der Waals surface area contributed by atoms with Crippen molar-refractivity contribution >= 4 is 0 Å². The van der Waals surface area contributed by atoms with Crippen molar-refractivity contribution in [2.24, 2.45) is 0 Å². The Labute approximate surface area is 405 Å². The van der Waals surface area contributed by atoms with Crippen LogP contribution in [0.1, 0.15) is 88.5 Å². The van der Waals surface area contributed by atoms with Crippen molar-refractivity contribution < 1.29 is 35.1 Å². The lowest BCUT2D eigenvalue weighted by Gasteiger charge is -2.05. The second kappa shape index (κ2) is 27.8. The summed E-state index contributed by atoms with van der Waals surface area (Å²) in [5, 5.41) is 0. The summed E-state index contributed by atoms with van der Waals surface area (Å²) in [5.74, 6) is -6.26. The molecule has 0 saturated carbocycles. The summed E-state index contributed by atoms with van der Waals surface area (Å²) in [5.41, 5.74) is 9.06. The molecular formula is C58H56F8N4. The first-order chi connectivity index (χ1) is 33.8. The van der Waals surface area contributed by atoms with Gasteiger partial charge in [0.05, 0.1) is 0 Å². The molecule has 0 N–H and O–H groups in total. The van der Waals surface area contributed by atoms with Crippen LogP contribution in [-0.4, -0.2) is 19.9 Å². The molecule has 364 valence electrons. The van der Waals surface area contributed by atoms with Crippen LogP contribution in [0.2, 0.25) is 0 Å².